The molecular formula is C14H14MgN2O6S2. The predicted octanol–water partition coefficient (Wildman–Crippen LogP) is -1.12. The first-order chi connectivity index (χ1) is 11.2. The van der Waals surface area contributed by atoms with E-state index < -0.39 is 11.9 Å². The third kappa shape index (κ3) is 14.4. The fraction of sp³-hybridized carbons (Fsp3) is 0.143. The van der Waals surface area contributed by atoms with Gasteiger partial charge < -0.3 is 30.2 Å². The second-order valence-electron chi connectivity index (χ2n) is 3.88. The van der Waals surface area contributed by atoms with E-state index in [1.807, 2.05) is 0 Å². The van der Waals surface area contributed by atoms with E-state index in [2.05, 4.69) is 0 Å². The van der Waals surface area contributed by atoms with Crippen molar-refractivity contribution in [1.29, 1.82) is 0 Å². The largest absolute Gasteiger partial charge is 2.00 e. The number of hydrogen-bond donors (Lipinski definition) is 0. The van der Waals surface area contributed by atoms with E-state index >= 15 is 0 Å². The molecular weight excluding hydrogens is 381 g/mol. The van der Waals surface area contributed by atoms with Crippen molar-refractivity contribution in [1.82, 2.24) is 0 Å². The quantitative estimate of drug-likeness (QED) is 0.277. The Hall–Kier alpha value is -1.69. The van der Waals surface area contributed by atoms with Gasteiger partial charge in [-0.3, -0.25) is 0 Å². The van der Waals surface area contributed by atoms with Gasteiger partial charge in [-0.25, -0.2) is 0 Å². The minimum Gasteiger partial charge on any atom is -0.618 e. The van der Waals surface area contributed by atoms with Gasteiger partial charge in [-0.05, 0) is 26.0 Å². The van der Waals surface area contributed by atoms with Crippen molar-refractivity contribution in [3.63, 3.8) is 0 Å². The molecule has 2 rings (SSSR count). The van der Waals surface area contributed by atoms with Crippen LogP contribution in [0.5, 0.6) is 0 Å². The van der Waals surface area contributed by atoms with Crippen molar-refractivity contribution >= 4 is 56.6 Å². The van der Waals surface area contributed by atoms with Crippen LogP contribution in [0.15, 0.2) is 58.8 Å². The molecule has 0 aliphatic carbocycles. The number of aromatic nitrogens is 2. The van der Waals surface area contributed by atoms with Gasteiger partial charge in [0.05, 0.1) is 0 Å². The molecule has 0 atom stereocenters. The Bertz CT molecular complexity index is 610. The molecule has 130 valence electrons. The number of pyridine rings is 2. The van der Waals surface area contributed by atoms with Gasteiger partial charge in [0.2, 0.25) is 0 Å². The fourth-order valence-electron chi connectivity index (χ4n) is 1.04. The number of nitrogens with zero attached hydrogens (tertiary/aromatic N) is 2. The molecule has 0 radical (unpaired) electrons. The second-order valence-corrected chi connectivity index (χ2v) is 6.05. The standard InChI is InChI=1S/C10H8N2O2S2.2C2H4O2.Mg/c13-11-7-3-1-5-9(11)15-16-10-6-2-4-8-12(10)14;2*1-2(3)4;/h1-8H;2*1H3,(H,3,4);/q;;;+2/p-2. The van der Waals surface area contributed by atoms with Crippen molar-refractivity contribution in [2.75, 3.05) is 0 Å². The van der Waals surface area contributed by atoms with E-state index in [0.29, 0.717) is 10.1 Å². The van der Waals surface area contributed by atoms with Crippen LogP contribution in [0, 0.1) is 10.4 Å². The summed E-state index contributed by atoms with van der Waals surface area (Å²) < 4.78 is 1.55. The van der Waals surface area contributed by atoms with Crippen molar-refractivity contribution in [3.8, 4) is 0 Å². The number of hydrogen-bond acceptors (Lipinski definition) is 8. The Balaban J connectivity index is 0. The van der Waals surface area contributed by atoms with Crippen molar-refractivity contribution in [2.24, 2.45) is 0 Å². The normalized spacial score (nSPS) is 8.56. The van der Waals surface area contributed by atoms with Crippen LogP contribution in [-0.2, 0) is 9.59 Å². The number of aliphatic carboxylic acids is 2. The summed E-state index contributed by atoms with van der Waals surface area (Å²) in [5.41, 5.74) is 0. The summed E-state index contributed by atoms with van der Waals surface area (Å²) in [6.45, 7) is 1.94. The monoisotopic (exact) mass is 394 g/mol. The molecule has 0 aliphatic heterocycles. The molecule has 0 amide bonds. The Labute approximate surface area is 168 Å². The van der Waals surface area contributed by atoms with Crippen LogP contribution in [0.3, 0.4) is 0 Å². The summed E-state index contributed by atoms with van der Waals surface area (Å²) in [5, 5.41) is 41.5. The van der Waals surface area contributed by atoms with Gasteiger partial charge in [0.1, 0.15) is 0 Å². The Kier molecular flexibility index (Phi) is 15.0. The van der Waals surface area contributed by atoms with Crippen LogP contribution in [0.2, 0.25) is 0 Å². The molecule has 0 N–H and O–H groups in total. The molecule has 0 aromatic carbocycles. The van der Waals surface area contributed by atoms with Crippen LogP contribution in [0.4, 0.5) is 0 Å². The molecule has 25 heavy (non-hydrogen) atoms. The smallest absolute Gasteiger partial charge is 0.618 e. The first kappa shape index (κ1) is 25.5. The van der Waals surface area contributed by atoms with Gasteiger partial charge in [0.25, 0.3) is 10.1 Å². The fourth-order valence-corrected chi connectivity index (χ4v) is 3.03. The SMILES string of the molecule is CC(=O)[O-].CC(=O)[O-].[Mg+2].[O-][n+]1ccccc1SSc1cccc[n+]1[O-]. The van der Waals surface area contributed by atoms with Gasteiger partial charge >= 0.3 is 23.1 Å². The average Bonchev–Trinajstić information content (AvgIpc) is 2.47. The number of carboxylic acid groups (broad SMARTS) is 2. The molecule has 0 bridgehead atoms. The zero-order valence-electron chi connectivity index (χ0n) is 13.5. The van der Waals surface area contributed by atoms with Crippen LogP contribution >= 0.6 is 21.6 Å². The summed E-state index contributed by atoms with van der Waals surface area (Å²) in [5.74, 6) is -2.17. The minimum absolute atomic E-state index is 0. The third-order valence-electron chi connectivity index (χ3n) is 1.79. The number of rotatable bonds is 3. The molecule has 8 nitrogen and oxygen atoms in total. The van der Waals surface area contributed by atoms with Crippen molar-refractivity contribution < 1.29 is 29.3 Å². The van der Waals surface area contributed by atoms with Crippen molar-refractivity contribution in [2.45, 2.75) is 23.9 Å². The van der Waals surface area contributed by atoms with Gasteiger partial charge in [0.15, 0.2) is 12.4 Å². The molecule has 2 heterocycles. The molecule has 0 unspecified atom stereocenters. The summed E-state index contributed by atoms with van der Waals surface area (Å²) in [7, 11) is 2.52. The Morgan fingerprint density at radius 2 is 1.08 bits per heavy atom. The second kappa shape index (κ2) is 14.6. The number of carbonyl (C=O) groups is 2. The first-order valence-corrected chi connectivity index (χ1v) is 8.45. The molecule has 0 aliphatic rings. The van der Waals surface area contributed by atoms with Gasteiger partial charge in [0, 0.05) is 57.8 Å². The molecule has 11 heteroatoms. The Morgan fingerprint density at radius 1 is 0.800 bits per heavy atom. The zero-order chi connectivity index (χ0) is 18.5. The topological polar surface area (TPSA) is 134 Å². The maximum absolute atomic E-state index is 11.3. The third-order valence-corrected chi connectivity index (χ3v) is 4.12. The maximum atomic E-state index is 11.3. The predicted molar refractivity (Wildman–Crippen MR) is 89.6 cm³/mol. The van der Waals surface area contributed by atoms with E-state index in [1.165, 1.54) is 34.0 Å². The van der Waals surface area contributed by atoms with Gasteiger partial charge in [-0.1, -0.05) is 0 Å². The summed E-state index contributed by atoms with van der Waals surface area (Å²) in [6.07, 6.45) is 2.86. The number of carbonyl (C=O) groups excluding carboxylic acids is 2. The van der Waals surface area contributed by atoms with E-state index in [9.17, 15) is 10.4 Å². The molecule has 0 saturated heterocycles. The summed E-state index contributed by atoms with van der Waals surface area (Å²) in [6, 6.07) is 10.3. The van der Waals surface area contributed by atoms with Crippen molar-refractivity contribution in [3.05, 3.63) is 59.2 Å². The molecule has 0 fully saturated rings. The van der Waals surface area contributed by atoms with Crippen LogP contribution < -0.4 is 19.7 Å². The van der Waals surface area contributed by atoms with Crippen LogP contribution in [0.25, 0.3) is 0 Å². The molecule has 2 aromatic heterocycles. The molecule has 0 saturated carbocycles. The van der Waals surface area contributed by atoms with E-state index in [1.54, 1.807) is 36.4 Å². The summed E-state index contributed by atoms with van der Waals surface area (Å²) >= 11 is 0. The van der Waals surface area contributed by atoms with E-state index in [0.717, 1.165) is 23.3 Å². The van der Waals surface area contributed by atoms with Gasteiger partial charge in [-0.15, -0.1) is 0 Å². The number of carboxylic acids is 2. The minimum atomic E-state index is -1.08. The summed E-state index contributed by atoms with van der Waals surface area (Å²) in [4.78, 5) is 17.8. The Morgan fingerprint density at radius 3 is 1.32 bits per heavy atom. The van der Waals surface area contributed by atoms with E-state index in [-0.39, 0.29) is 23.1 Å². The maximum Gasteiger partial charge on any atom is 2.00 e. The van der Waals surface area contributed by atoms with Gasteiger partial charge in [-0.2, -0.15) is 9.46 Å². The molecule has 2 aromatic rings. The average molecular weight is 395 g/mol. The van der Waals surface area contributed by atoms with E-state index in [4.69, 9.17) is 19.8 Å². The molecule has 0 spiro atoms. The van der Waals surface area contributed by atoms with Crippen LogP contribution in [-0.4, -0.2) is 35.0 Å². The first-order valence-electron chi connectivity index (χ1n) is 6.30. The van der Waals surface area contributed by atoms with Crippen LogP contribution in [0.1, 0.15) is 13.8 Å². The zero-order valence-corrected chi connectivity index (χ0v) is 16.5.